The molecule has 140 valence electrons. The molecule has 1 heterocycles. The van der Waals surface area contributed by atoms with Crippen LogP contribution in [0.2, 0.25) is 0 Å². The Kier molecular flexibility index (Phi) is 7.98. The number of nitrogens with zero attached hydrogens (tertiary/aromatic N) is 1. The zero-order valence-corrected chi connectivity index (χ0v) is 15.1. The molecule has 1 aliphatic heterocycles. The van der Waals surface area contributed by atoms with Gasteiger partial charge in [0.15, 0.2) is 0 Å². The lowest BCUT2D eigenvalue weighted by Crippen LogP contribution is -2.36. The lowest BCUT2D eigenvalue weighted by atomic mass is 10.0. The van der Waals surface area contributed by atoms with E-state index in [2.05, 4.69) is 23.5 Å². The Morgan fingerprint density at radius 2 is 2.04 bits per heavy atom. The Morgan fingerprint density at radius 1 is 1.40 bits per heavy atom. The van der Waals surface area contributed by atoms with Gasteiger partial charge in [0, 0.05) is 20.4 Å². The van der Waals surface area contributed by atoms with Crippen LogP contribution in [0, 0.1) is 0 Å². The molecule has 0 spiro atoms. The number of aliphatic hydroxyl groups is 1. The molecule has 0 aliphatic carbocycles. The van der Waals surface area contributed by atoms with Crippen LogP contribution in [0.3, 0.4) is 0 Å². The average molecular weight is 353 g/mol. The van der Waals surface area contributed by atoms with E-state index in [0.717, 1.165) is 0 Å². The summed E-state index contributed by atoms with van der Waals surface area (Å²) in [6.07, 6.45) is -1.21. The lowest BCUT2D eigenvalue weighted by molar-refractivity contribution is -0.116. The van der Waals surface area contributed by atoms with Gasteiger partial charge in [-0.1, -0.05) is 13.2 Å². The fourth-order valence-corrected chi connectivity index (χ4v) is 2.48. The molecule has 25 heavy (non-hydrogen) atoms. The van der Waals surface area contributed by atoms with Crippen LogP contribution in [0.5, 0.6) is 0 Å². The van der Waals surface area contributed by atoms with Crippen molar-refractivity contribution in [2.75, 3.05) is 20.8 Å². The molecule has 0 unspecified atom stereocenters. The molecule has 1 amide bonds. The van der Waals surface area contributed by atoms with Gasteiger partial charge < -0.3 is 30.4 Å². The number of methoxy groups -OCH3 is 2. The van der Waals surface area contributed by atoms with Crippen molar-refractivity contribution < 1.29 is 24.1 Å². The van der Waals surface area contributed by atoms with Crippen LogP contribution >= 0.6 is 0 Å². The summed E-state index contributed by atoms with van der Waals surface area (Å²) in [5.74, 6) is -0.450. The maximum absolute atomic E-state index is 12.1. The summed E-state index contributed by atoms with van der Waals surface area (Å²) in [4.78, 5) is 16.2. The lowest BCUT2D eigenvalue weighted by Gasteiger charge is -2.17. The van der Waals surface area contributed by atoms with Crippen molar-refractivity contribution in [2.45, 2.75) is 38.3 Å². The maximum atomic E-state index is 12.1. The van der Waals surface area contributed by atoms with Crippen molar-refractivity contribution in [3.05, 3.63) is 35.8 Å². The zero-order chi connectivity index (χ0) is 19.1. The van der Waals surface area contributed by atoms with Crippen LogP contribution in [0.4, 0.5) is 0 Å². The Bertz CT molecular complexity index is 581. The number of ether oxygens (including phenoxy) is 3. The first kappa shape index (κ1) is 21.0. The number of aliphatic imine (C=N–C) groups is 1. The van der Waals surface area contributed by atoms with Crippen molar-refractivity contribution in [2.24, 2.45) is 10.7 Å². The number of rotatable bonds is 8. The molecule has 0 aromatic heterocycles. The number of hydrogen-bond donors (Lipinski definition) is 3. The van der Waals surface area contributed by atoms with Gasteiger partial charge in [-0.15, -0.1) is 0 Å². The minimum absolute atomic E-state index is 0.0256. The molecular formula is C17H27N3O5. The predicted molar refractivity (Wildman–Crippen MR) is 94.8 cm³/mol. The van der Waals surface area contributed by atoms with E-state index in [-0.39, 0.29) is 18.1 Å². The summed E-state index contributed by atoms with van der Waals surface area (Å²) >= 11 is 0. The van der Waals surface area contributed by atoms with Crippen LogP contribution in [-0.4, -0.2) is 62.5 Å². The summed E-state index contributed by atoms with van der Waals surface area (Å²) in [5.41, 5.74) is 6.65. The summed E-state index contributed by atoms with van der Waals surface area (Å²) in [7, 11) is 3.03. The molecule has 0 aromatic rings. The molecule has 8 heteroatoms. The summed E-state index contributed by atoms with van der Waals surface area (Å²) in [5, 5.41) is 12.8. The molecule has 4 N–H and O–H groups in total. The standard InChI is InChI=1S/C17H27N3O5/c1-9(2)13(17(22)20-11(4)18)19-7-10(3)15-14(21)16(24-6)12(25-15)8-23-5/h7,12,14-16,21H,3-4,8,18H2,1-2,5-6H3,(H,20,22)/b19-7-/t12-,14-,15+,16+/m1/s1. The zero-order valence-electron chi connectivity index (χ0n) is 15.1. The van der Waals surface area contributed by atoms with Crippen LogP contribution < -0.4 is 11.1 Å². The highest BCUT2D eigenvalue weighted by molar-refractivity contribution is 5.97. The summed E-state index contributed by atoms with van der Waals surface area (Å²) in [6.45, 7) is 11.1. The fourth-order valence-electron chi connectivity index (χ4n) is 2.48. The number of nitrogens with one attached hydrogen (secondary N) is 1. The molecule has 0 saturated carbocycles. The highest BCUT2D eigenvalue weighted by Crippen LogP contribution is 2.27. The SMILES string of the molecule is C=C(N)NC(=O)C(/N=C\C(=C)[C@@H]1O[C@H](COC)[C@H](OC)[C@@H]1O)=C(C)C. The third-order valence-electron chi connectivity index (χ3n) is 3.63. The number of hydrogen-bond acceptors (Lipinski definition) is 7. The first-order chi connectivity index (χ1) is 11.7. The monoisotopic (exact) mass is 353 g/mol. The molecule has 1 aliphatic rings. The van der Waals surface area contributed by atoms with Crippen molar-refractivity contribution in [3.8, 4) is 0 Å². The topological polar surface area (TPSA) is 115 Å². The second kappa shape index (κ2) is 9.47. The molecule has 1 saturated heterocycles. The van der Waals surface area contributed by atoms with Gasteiger partial charge in [-0.05, 0) is 25.0 Å². The van der Waals surface area contributed by atoms with E-state index < -0.39 is 30.3 Å². The largest absolute Gasteiger partial charge is 0.387 e. The third-order valence-corrected chi connectivity index (χ3v) is 3.63. The van der Waals surface area contributed by atoms with Gasteiger partial charge in [-0.2, -0.15) is 0 Å². The average Bonchev–Trinajstić information content (AvgIpc) is 2.82. The van der Waals surface area contributed by atoms with Crippen LogP contribution in [0.25, 0.3) is 0 Å². The number of nitrogens with two attached hydrogens (primary N) is 1. The molecule has 0 aromatic carbocycles. The van der Waals surface area contributed by atoms with Gasteiger partial charge in [0.2, 0.25) is 0 Å². The second-order valence-corrected chi connectivity index (χ2v) is 5.90. The van der Waals surface area contributed by atoms with Crippen molar-refractivity contribution >= 4 is 12.1 Å². The molecule has 1 fully saturated rings. The minimum atomic E-state index is -0.920. The Balaban J connectivity index is 2.89. The predicted octanol–water partition coefficient (Wildman–Crippen LogP) is 0.243. The first-order valence-electron chi connectivity index (χ1n) is 7.74. The Hall–Kier alpha value is -2.00. The van der Waals surface area contributed by atoms with Gasteiger partial charge >= 0.3 is 0 Å². The fraction of sp³-hybridized carbons (Fsp3) is 0.529. The van der Waals surface area contributed by atoms with Gasteiger partial charge in [0.05, 0.1) is 12.4 Å². The van der Waals surface area contributed by atoms with E-state index in [4.69, 9.17) is 19.9 Å². The number of carbonyl (C=O) groups excluding carboxylic acids is 1. The normalized spacial score (nSPS) is 25.8. The van der Waals surface area contributed by atoms with Crippen LogP contribution in [0.15, 0.2) is 40.8 Å². The number of allylic oxidation sites excluding steroid dienone is 1. The van der Waals surface area contributed by atoms with E-state index in [1.165, 1.54) is 20.4 Å². The Labute approximate surface area is 148 Å². The maximum Gasteiger partial charge on any atom is 0.275 e. The molecule has 8 nitrogen and oxygen atoms in total. The van der Waals surface area contributed by atoms with Crippen molar-refractivity contribution in [3.63, 3.8) is 0 Å². The summed E-state index contributed by atoms with van der Waals surface area (Å²) < 4.78 is 16.1. The van der Waals surface area contributed by atoms with E-state index in [1.54, 1.807) is 13.8 Å². The summed E-state index contributed by atoms with van der Waals surface area (Å²) in [6, 6.07) is 0. The van der Waals surface area contributed by atoms with E-state index in [1.807, 2.05) is 0 Å². The van der Waals surface area contributed by atoms with Crippen LogP contribution in [-0.2, 0) is 19.0 Å². The number of carbonyl (C=O) groups is 1. The quantitative estimate of drug-likeness (QED) is 0.425. The van der Waals surface area contributed by atoms with E-state index in [0.29, 0.717) is 11.1 Å². The highest BCUT2D eigenvalue weighted by Gasteiger charge is 2.44. The van der Waals surface area contributed by atoms with Gasteiger partial charge in [-0.25, -0.2) is 0 Å². The van der Waals surface area contributed by atoms with Gasteiger partial charge in [0.25, 0.3) is 5.91 Å². The highest BCUT2D eigenvalue weighted by atomic mass is 16.6. The second-order valence-electron chi connectivity index (χ2n) is 5.90. The third kappa shape index (κ3) is 5.50. The number of amides is 1. The molecule has 4 atom stereocenters. The number of aliphatic hydroxyl groups excluding tert-OH is 1. The van der Waals surface area contributed by atoms with E-state index >= 15 is 0 Å². The van der Waals surface area contributed by atoms with Gasteiger partial charge in [0.1, 0.15) is 30.1 Å². The molecule has 0 radical (unpaired) electrons. The Morgan fingerprint density at radius 3 is 2.52 bits per heavy atom. The molecule has 1 rings (SSSR count). The first-order valence-corrected chi connectivity index (χ1v) is 7.74. The smallest absolute Gasteiger partial charge is 0.275 e. The van der Waals surface area contributed by atoms with Gasteiger partial charge in [-0.3, -0.25) is 9.79 Å². The molecular weight excluding hydrogens is 326 g/mol. The van der Waals surface area contributed by atoms with Crippen molar-refractivity contribution in [1.82, 2.24) is 5.32 Å². The molecule has 0 bridgehead atoms. The van der Waals surface area contributed by atoms with Crippen LogP contribution in [0.1, 0.15) is 13.8 Å². The van der Waals surface area contributed by atoms with Crippen molar-refractivity contribution in [1.29, 1.82) is 0 Å². The minimum Gasteiger partial charge on any atom is -0.387 e. The van der Waals surface area contributed by atoms with E-state index in [9.17, 15) is 9.90 Å².